The fourth-order valence-corrected chi connectivity index (χ4v) is 3.90. The topological polar surface area (TPSA) is 55.3 Å². The van der Waals surface area contributed by atoms with Crippen molar-refractivity contribution in [2.45, 2.75) is 103 Å². The summed E-state index contributed by atoms with van der Waals surface area (Å²) in [5, 5.41) is 24.8. The van der Waals surface area contributed by atoms with Crippen LogP contribution < -0.4 is 5.32 Å². The summed E-state index contributed by atoms with van der Waals surface area (Å²) < 4.78 is -0.278. The molecule has 4 heteroatoms. The van der Waals surface area contributed by atoms with Crippen LogP contribution in [-0.4, -0.2) is 42.2 Å². The van der Waals surface area contributed by atoms with Gasteiger partial charge in [-0.15, -0.1) is 0 Å². The number of hydrogen-bond acceptors (Lipinski definition) is 3. The van der Waals surface area contributed by atoms with E-state index in [2.05, 4.69) is 24.4 Å². The minimum Gasteiger partial charge on any atom is -0.632 e. The van der Waals surface area contributed by atoms with E-state index in [9.17, 15) is 5.21 Å². The number of unbranched alkanes of at least 4 members (excludes halogenated alkanes) is 12. The SMILES string of the molecule is CCCCCCCCCCCCCCC=CCC1NCC[N+]1([O-])CCO. The van der Waals surface area contributed by atoms with E-state index in [4.69, 9.17) is 5.11 Å². The molecule has 2 N–H and O–H groups in total. The molecule has 0 aliphatic carbocycles. The van der Waals surface area contributed by atoms with Gasteiger partial charge in [-0.1, -0.05) is 89.7 Å². The van der Waals surface area contributed by atoms with Gasteiger partial charge in [0.1, 0.15) is 12.7 Å². The third kappa shape index (κ3) is 10.7. The Morgan fingerprint density at radius 3 is 2.08 bits per heavy atom. The van der Waals surface area contributed by atoms with Crippen molar-refractivity contribution in [3.05, 3.63) is 17.4 Å². The van der Waals surface area contributed by atoms with Gasteiger partial charge in [0, 0.05) is 6.42 Å². The van der Waals surface area contributed by atoms with E-state index in [-0.39, 0.29) is 17.4 Å². The summed E-state index contributed by atoms with van der Waals surface area (Å²) in [4.78, 5) is 0. The van der Waals surface area contributed by atoms with Gasteiger partial charge < -0.3 is 15.0 Å². The molecule has 0 aromatic heterocycles. The maximum Gasteiger partial charge on any atom is 0.146 e. The first-order valence-corrected chi connectivity index (χ1v) is 11.3. The number of nitrogens with zero attached hydrogens (tertiary/aromatic N) is 1. The molecule has 2 unspecified atom stereocenters. The van der Waals surface area contributed by atoms with Crippen LogP contribution in [0.5, 0.6) is 0 Å². The first-order valence-electron chi connectivity index (χ1n) is 11.3. The Morgan fingerprint density at radius 1 is 0.923 bits per heavy atom. The highest BCUT2D eigenvalue weighted by Gasteiger charge is 2.32. The lowest BCUT2D eigenvalue weighted by molar-refractivity contribution is -0.893. The van der Waals surface area contributed by atoms with Crippen molar-refractivity contribution in [1.29, 1.82) is 0 Å². The lowest BCUT2D eigenvalue weighted by atomic mass is 10.0. The van der Waals surface area contributed by atoms with Crippen LogP contribution in [0.15, 0.2) is 12.2 Å². The number of hydrogen-bond donors (Lipinski definition) is 2. The predicted octanol–water partition coefficient (Wildman–Crippen LogP) is 5.26. The molecule has 26 heavy (non-hydrogen) atoms. The van der Waals surface area contributed by atoms with E-state index in [1.165, 1.54) is 77.0 Å². The second-order valence-electron chi connectivity index (χ2n) is 7.98. The summed E-state index contributed by atoms with van der Waals surface area (Å²) in [6.45, 7) is 3.91. The van der Waals surface area contributed by atoms with Crippen molar-refractivity contribution in [2.24, 2.45) is 0 Å². The molecule has 4 nitrogen and oxygen atoms in total. The summed E-state index contributed by atoms with van der Waals surface area (Å²) in [6, 6.07) is 0. The zero-order chi connectivity index (χ0) is 18.9. The molecule has 0 bridgehead atoms. The van der Waals surface area contributed by atoms with E-state index < -0.39 is 0 Å². The van der Waals surface area contributed by atoms with Gasteiger partial charge in [0.25, 0.3) is 0 Å². The standard InChI is InChI=1S/C22H44N2O2/c1-2-3-4-5-6-7-8-9-10-11-12-13-14-15-16-17-22-23-18-19-24(22,26)20-21-25/h15-16,22-23,25H,2-14,17-21H2,1H3. The zero-order valence-corrected chi connectivity index (χ0v) is 17.3. The average molecular weight is 369 g/mol. The maximum absolute atomic E-state index is 12.5. The summed E-state index contributed by atoms with van der Waals surface area (Å²) in [5.74, 6) is 0. The number of nitrogens with one attached hydrogen (secondary N) is 1. The van der Waals surface area contributed by atoms with E-state index in [1.54, 1.807) is 0 Å². The number of aliphatic hydroxyl groups excluding tert-OH is 1. The zero-order valence-electron chi connectivity index (χ0n) is 17.3. The molecule has 1 aliphatic heterocycles. The Labute approximate surface area is 162 Å². The summed E-state index contributed by atoms with van der Waals surface area (Å²) >= 11 is 0. The van der Waals surface area contributed by atoms with Crippen LogP contribution in [0.25, 0.3) is 0 Å². The van der Waals surface area contributed by atoms with Crippen LogP contribution >= 0.6 is 0 Å². The lowest BCUT2D eigenvalue weighted by Crippen LogP contribution is -2.50. The highest BCUT2D eigenvalue weighted by atomic mass is 16.6. The van der Waals surface area contributed by atoms with Gasteiger partial charge in [-0.2, -0.15) is 0 Å². The number of hydroxylamine groups is 3. The molecule has 2 atom stereocenters. The van der Waals surface area contributed by atoms with Gasteiger partial charge in [-0.25, -0.2) is 0 Å². The van der Waals surface area contributed by atoms with E-state index in [0.29, 0.717) is 13.1 Å². The second-order valence-corrected chi connectivity index (χ2v) is 7.98. The van der Waals surface area contributed by atoms with Crippen LogP contribution in [0.2, 0.25) is 0 Å². The number of quaternary nitrogens is 1. The van der Waals surface area contributed by atoms with E-state index in [0.717, 1.165) is 19.4 Å². The summed E-state index contributed by atoms with van der Waals surface area (Å²) in [7, 11) is 0. The first kappa shape index (κ1) is 23.6. The predicted molar refractivity (Wildman–Crippen MR) is 112 cm³/mol. The van der Waals surface area contributed by atoms with Crippen LogP contribution in [0.4, 0.5) is 0 Å². The largest absolute Gasteiger partial charge is 0.632 e. The Bertz CT molecular complexity index is 349. The molecule has 0 aromatic rings. The fourth-order valence-electron chi connectivity index (χ4n) is 3.90. The molecule has 0 radical (unpaired) electrons. The van der Waals surface area contributed by atoms with E-state index >= 15 is 0 Å². The first-order chi connectivity index (χ1) is 12.7. The molecule has 1 rings (SSSR count). The Morgan fingerprint density at radius 2 is 1.50 bits per heavy atom. The van der Waals surface area contributed by atoms with Gasteiger partial charge in [0.15, 0.2) is 0 Å². The smallest absolute Gasteiger partial charge is 0.146 e. The van der Waals surface area contributed by atoms with Crippen molar-refractivity contribution in [2.75, 3.05) is 26.2 Å². The molecule has 1 aliphatic rings. The Kier molecular flexibility index (Phi) is 14.2. The third-order valence-corrected chi connectivity index (χ3v) is 5.67. The fraction of sp³-hybridized carbons (Fsp3) is 0.909. The number of allylic oxidation sites excluding steroid dienone is 1. The van der Waals surface area contributed by atoms with Crippen LogP contribution in [-0.2, 0) is 0 Å². The Hall–Kier alpha value is -0.420. The number of rotatable bonds is 17. The quantitative estimate of drug-likeness (QED) is 0.159. The van der Waals surface area contributed by atoms with Gasteiger partial charge in [0.05, 0.1) is 19.7 Å². The molecular formula is C22H44N2O2. The highest BCUT2D eigenvalue weighted by Crippen LogP contribution is 2.18. The monoisotopic (exact) mass is 368 g/mol. The van der Waals surface area contributed by atoms with Gasteiger partial charge in [-0.05, 0) is 12.8 Å². The minimum atomic E-state index is -0.278. The van der Waals surface area contributed by atoms with E-state index in [1.807, 2.05) is 0 Å². The summed E-state index contributed by atoms with van der Waals surface area (Å²) in [6.07, 6.45) is 22.9. The van der Waals surface area contributed by atoms with Gasteiger partial charge >= 0.3 is 0 Å². The van der Waals surface area contributed by atoms with Crippen molar-refractivity contribution in [1.82, 2.24) is 5.32 Å². The van der Waals surface area contributed by atoms with Crippen LogP contribution in [0.1, 0.15) is 96.8 Å². The summed E-state index contributed by atoms with van der Waals surface area (Å²) in [5.41, 5.74) is 0. The molecule has 0 amide bonds. The average Bonchev–Trinajstić information content (AvgIpc) is 2.99. The van der Waals surface area contributed by atoms with Crippen LogP contribution in [0, 0.1) is 5.21 Å². The molecule has 1 saturated heterocycles. The van der Waals surface area contributed by atoms with Gasteiger partial charge in [0.2, 0.25) is 0 Å². The maximum atomic E-state index is 12.5. The molecule has 0 saturated carbocycles. The van der Waals surface area contributed by atoms with Crippen molar-refractivity contribution >= 4 is 0 Å². The molecular weight excluding hydrogens is 324 g/mol. The molecule has 1 heterocycles. The molecule has 0 spiro atoms. The molecule has 0 aromatic carbocycles. The molecule has 154 valence electrons. The van der Waals surface area contributed by atoms with Crippen LogP contribution in [0.3, 0.4) is 0 Å². The van der Waals surface area contributed by atoms with Crippen molar-refractivity contribution < 1.29 is 9.75 Å². The van der Waals surface area contributed by atoms with Gasteiger partial charge in [-0.3, -0.25) is 5.32 Å². The molecule has 1 fully saturated rings. The van der Waals surface area contributed by atoms with Crippen molar-refractivity contribution in [3.8, 4) is 0 Å². The third-order valence-electron chi connectivity index (χ3n) is 5.67. The normalized spacial score (nSPS) is 23.3. The second kappa shape index (κ2) is 15.6. The Balaban J connectivity index is 1.88. The lowest BCUT2D eigenvalue weighted by Gasteiger charge is -2.42. The minimum absolute atomic E-state index is 0.0236. The number of aliphatic hydroxyl groups is 1. The highest BCUT2D eigenvalue weighted by molar-refractivity contribution is 4.85. The van der Waals surface area contributed by atoms with Crippen molar-refractivity contribution in [3.63, 3.8) is 0 Å².